The fourth-order valence-electron chi connectivity index (χ4n) is 1.81. The summed E-state index contributed by atoms with van der Waals surface area (Å²) in [4.78, 5) is 36.1. The summed E-state index contributed by atoms with van der Waals surface area (Å²) in [7, 11) is 1.30. The fraction of sp³-hybridized carbons (Fsp3) is 0.500. The number of ether oxygens (including phenoxy) is 1. The van der Waals surface area contributed by atoms with Gasteiger partial charge in [-0.05, 0) is 12.1 Å². The van der Waals surface area contributed by atoms with E-state index >= 15 is 0 Å². The molecule has 0 aliphatic heterocycles. The Morgan fingerprint density at radius 2 is 2.14 bits per heavy atom. The molecule has 0 fully saturated rings. The molecular formula is C14H20N2O5. The van der Waals surface area contributed by atoms with E-state index in [2.05, 4.69) is 10.1 Å². The molecule has 1 heterocycles. The van der Waals surface area contributed by atoms with Gasteiger partial charge in [-0.1, -0.05) is 6.92 Å². The number of esters is 1. The number of amides is 2. The van der Waals surface area contributed by atoms with Gasteiger partial charge in [0.25, 0.3) is 5.91 Å². The van der Waals surface area contributed by atoms with Crippen LogP contribution in [0.15, 0.2) is 22.8 Å². The second-order valence-corrected chi connectivity index (χ2v) is 4.64. The second kappa shape index (κ2) is 8.08. The molecule has 2 amide bonds. The zero-order valence-corrected chi connectivity index (χ0v) is 12.4. The maximum atomic E-state index is 12.3. The quantitative estimate of drug-likeness (QED) is 0.747. The van der Waals surface area contributed by atoms with Crippen LogP contribution in [-0.2, 0) is 14.3 Å². The molecule has 0 radical (unpaired) electrons. The molecule has 7 heteroatoms. The van der Waals surface area contributed by atoms with E-state index in [-0.39, 0.29) is 30.7 Å². The number of nitrogens with one attached hydrogen (secondary N) is 1. The number of nitrogens with zero attached hydrogens (tertiary/aromatic N) is 1. The molecule has 21 heavy (non-hydrogen) atoms. The molecule has 0 aliphatic carbocycles. The van der Waals surface area contributed by atoms with Gasteiger partial charge in [-0.15, -0.1) is 0 Å². The predicted octanol–water partition coefficient (Wildman–Crippen LogP) is 0.667. The number of hydrogen-bond donors (Lipinski definition) is 1. The Hall–Kier alpha value is -2.31. The smallest absolute Gasteiger partial charge is 0.310 e. The highest BCUT2D eigenvalue weighted by Crippen LogP contribution is 2.09. The number of hydrogen-bond acceptors (Lipinski definition) is 5. The highest BCUT2D eigenvalue weighted by atomic mass is 16.5. The molecule has 0 bridgehead atoms. The molecule has 1 atom stereocenters. The maximum Gasteiger partial charge on any atom is 0.310 e. The van der Waals surface area contributed by atoms with Crippen molar-refractivity contribution in [3.05, 3.63) is 24.2 Å². The highest BCUT2D eigenvalue weighted by molar-refractivity contribution is 5.91. The summed E-state index contributed by atoms with van der Waals surface area (Å²) >= 11 is 0. The third-order valence-corrected chi connectivity index (χ3v) is 2.87. The van der Waals surface area contributed by atoms with Gasteiger partial charge in [-0.2, -0.15) is 0 Å². The van der Waals surface area contributed by atoms with Crippen LogP contribution in [0.3, 0.4) is 0 Å². The summed E-state index contributed by atoms with van der Waals surface area (Å²) in [6.45, 7) is 3.84. The first kappa shape index (κ1) is 16.7. The zero-order chi connectivity index (χ0) is 15.8. The van der Waals surface area contributed by atoms with Crippen molar-refractivity contribution < 1.29 is 23.5 Å². The van der Waals surface area contributed by atoms with Gasteiger partial charge in [0, 0.05) is 26.6 Å². The third-order valence-electron chi connectivity index (χ3n) is 2.87. The molecule has 0 aromatic carbocycles. The van der Waals surface area contributed by atoms with Crippen LogP contribution >= 0.6 is 0 Å². The molecule has 1 N–H and O–H groups in total. The van der Waals surface area contributed by atoms with E-state index in [1.54, 1.807) is 19.1 Å². The van der Waals surface area contributed by atoms with Gasteiger partial charge in [0.2, 0.25) is 5.91 Å². The Morgan fingerprint density at radius 1 is 1.43 bits per heavy atom. The largest absolute Gasteiger partial charge is 0.469 e. The molecule has 0 saturated heterocycles. The van der Waals surface area contributed by atoms with Crippen LogP contribution < -0.4 is 5.32 Å². The van der Waals surface area contributed by atoms with Crippen LogP contribution in [0.4, 0.5) is 0 Å². The Kier molecular flexibility index (Phi) is 6.45. The topological polar surface area (TPSA) is 88.9 Å². The van der Waals surface area contributed by atoms with E-state index in [0.29, 0.717) is 6.54 Å². The molecule has 116 valence electrons. The van der Waals surface area contributed by atoms with Crippen molar-refractivity contribution in [2.75, 3.05) is 26.7 Å². The predicted molar refractivity (Wildman–Crippen MR) is 74.5 cm³/mol. The van der Waals surface area contributed by atoms with Crippen LogP contribution in [0.1, 0.15) is 24.4 Å². The first-order chi connectivity index (χ1) is 9.95. The molecule has 1 aromatic heterocycles. The van der Waals surface area contributed by atoms with Gasteiger partial charge < -0.3 is 19.4 Å². The SMILES string of the molecule is COC(=O)C(C)CN(CCNC(C)=O)C(=O)c1ccco1. The average Bonchev–Trinajstić information content (AvgIpc) is 2.98. The zero-order valence-electron chi connectivity index (χ0n) is 12.4. The molecule has 0 aliphatic rings. The highest BCUT2D eigenvalue weighted by Gasteiger charge is 2.23. The van der Waals surface area contributed by atoms with Crippen molar-refractivity contribution in [2.24, 2.45) is 5.92 Å². The first-order valence-electron chi connectivity index (χ1n) is 6.60. The third kappa shape index (κ3) is 5.29. The van der Waals surface area contributed by atoms with Crippen LogP contribution in [-0.4, -0.2) is 49.4 Å². The van der Waals surface area contributed by atoms with Gasteiger partial charge in [-0.25, -0.2) is 0 Å². The van der Waals surface area contributed by atoms with E-state index in [1.165, 1.54) is 25.2 Å². The average molecular weight is 296 g/mol. The second-order valence-electron chi connectivity index (χ2n) is 4.64. The summed E-state index contributed by atoms with van der Waals surface area (Å²) in [5.74, 6) is -1.18. The van der Waals surface area contributed by atoms with Crippen molar-refractivity contribution in [1.29, 1.82) is 0 Å². The van der Waals surface area contributed by atoms with E-state index in [9.17, 15) is 14.4 Å². The number of carbonyl (C=O) groups excluding carboxylic acids is 3. The lowest BCUT2D eigenvalue weighted by Crippen LogP contribution is -2.41. The van der Waals surface area contributed by atoms with Crippen LogP contribution in [0.5, 0.6) is 0 Å². The lowest BCUT2D eigenvalue weighted by molar-refractivity contribution is -0.145. The summed E-state index contributed by atoms with van der Waals surface area (Å²) in [5, 5.41) is 2.61. The van der Waals surface area contributed by atoms with Gasteiger partial charge >= 0.3 is 5.97 Å². The van der Waals surface area contributed by atoms with Gasteiger partial charge in [0.15, 0.2) is 5.76 Å². The Labute approximate surface area is 123 Å². The Morgan fingerprint density at radius 3 is 2.67 bits per heavy atom. The van der Waals surface area contributed by atoms with Gasteiger partial charge in [0.05, 0.1) is 19.3 Å². The standard InChI is InChI=1S/C14H20N2O5/c1-10(14(19)20-3)9-16(7-6-15-11(2)17)13(18)12-5-4-8-21-12/h4-5,8,10H,6-7,9H2,1-3H3,(H,15,17). The number of methoxy groups -OCH3 is 1. The molecule has 0 saturated carbocycles. The molecule has 0 spiro atoms. The molecule has 1 aromatic rings. The summed E-state index contributed by atoms with van der Waals surface area (Å²) < 4.78 is 9.73. The van der Waals surface area contributed by atoms with Crippen molar-refractivity contribution in [3.63, 3.8) is 0 Å². The minimum Gasteiger partial charge on any atom is -0.469 e. The Bertz CT molecular complexity index is 484. The molecule has 1 rings (SSSR count). The van der Waals surface area contributed by atoms with Gasteiger partial charge in [-0.3, -0.25) is 14.4 Å². The van der Waals surface area contributed by atoms with Crippen LogP contribution in [0.2, 0.25) is 0 Å². The molecule has 7 nitrogen and oxygen atoms in total. The number of rotatable bonds is 7. The van der Waals surface area contributed by atoms with Crippen LogP contribution in [0, 0.1) is 5.92 Å². The number of carbonyl (C=O) groups is 3. The van der Waals surface area contributed by atoms with E-state index in [1.807, 2.05) is 0 Å². The van der Waals surface area contributed by atoms with Crippen molar-refractivity contribution in [1.82, 2.24) is 10.2 Å². The first-order valence-corrected chi connectivity index (χ1v) is 6.60. The van der Waals surface area contributed by atoms with Crippen molar-refractivity contribution in [2.45, 2.75) is 13.8 Å². The summed E-state index contributed by atoms with van der Waals surface area (Å²) in [6.07, 6.45) is 1.41. The fourth-order valence-corrected chi connectivity index (χ4v) is 1.81. The Balaban J connectivity index is 2.71. The van der Waals surface area contributed by atoms with Gasteiger partial charge in [0.1, 0.15) is 0 Å². The molecular weight excluding hydrogens is 276 g/mol. The minimum atomic E-state index is -0.466. The van der Waals surface area contributed by atoms with Crippen LogP contribution in [0.25, 0.3) is 0 Å². The van der Waals surface area contributed by atoms with E-state index in [4.69, 9.17) is 4.42 Å². The monoisotopic (exact) mass is 296 g/mol. The molecule has 1 unspecified atom stereocenters. The summed E-state index contributed by atoms with van der Waals surface area (Å²) in [6, 6.07) is 3.17. The normalized spacial score (nSPS) is 11.6. The van der Waals surface area contributed by atoms with E-state index < -0.39 is 11.9 Å². The lowest BCUT2D eigenvalue weighted by Gasteiger charge is -2.24. The number of furan rings is 1. The lowest BCUT2D eigenvalue weighted by atomic mass is 10.1. The van der Waals surface area contributed by atoms with Crippen molar-refractivity contribution in [3.8, 4) is 0 Å². The summed E-state index contributed by atoms with van der Waals surface area (Å²) in [5.41, 5.74) is 0. The minimum absolute atomic E-state index is 0.179. The van der Waals surface area contributed by atoms with Crippen molar-refractivity contribution >= 4 is 17.8 Å². The van der Waals surface area contributed by atoms with E-state index in [0.717, 1.165) is 0 Å². The maximum absolute atomic E-state index is 12.3.